The average Bonchev–Trinajstić information content (AvgIpc) is 3.10. The van der Waals surface area contributed by atoms with Crippen LogP contribution in [0.3, 0.4) is 0 Å². The molecule has 1 spiro atoms. The lowest BCUT2D eigenvalue weighted by Gasteiger charge is -2.31. The van der Waals surface area contributed by atoms with Gasteiger partial charge in [0.05, 0.1) is 17.3 Å². The Hall–Kier alpha value is -1.95. The molecule has 1 atom stereocenters. The van der Waals surface area contributed by atoms with Crippen molar-refractivity contribution in [3.63, 3.8) is 0 Å². The van der Waals surface area contributed by atoms with E-state index in [1.165, 1.54) is 4.90 Å². The van der Waals surface area contributed by atoms with E-state index in [-0.39, 0.29) is 23.2 Å². The van der Waals surface area contributed by atoms with Gasteiger partial charge in [-0.2, -0.15) is 0 Å². The highest BCUT2D eigenvalue weighted by Crippen LogP contribution is 2.55. The van der Waals surface area contributed by atoms with Gasteiger partial charge < -0.3 is 9.84 Å². The summed E-state index contributed by atoms with van der Waals surface area (Å²) < 4.78 is 5.52. The molecule has 23 heavy (non-hydrogen) atoms. The van der Waals surface area contributed by atoms with Crippen LogP contribution in [0.2, 0.25) is 0 Å². The van der Waals surface area contributed by atoms with Crippen molar-refractivity contribution in [1.82, 2.24) is 4.98 Å². The predicted molar refractivity (Wildman–Crippen MR) is 84.4 cm³/mol. The van der Waals surface area contributed by atoms with Crippen LogP contribution < -0.4 is 4.90 Å². The second-order valence-corrected chi connectivity index (χ2v) is 6.40. The molecule has 3 rings (SSSR count). The van der Waals surface area contributed by atoms with Crippen LogP contribution in [0.1, 0.15) is 32.6 Å². The van der Waals surface area contributed by atoms with Crippen molar-refractivity contribution in [1.29, 1.82) is 0 Å². The third-order valence-electron chi connectivity index (χ3n) is 5.11. The highest BCUT2D eigenvalue weighted by atomic mass is 16.5. The minimum atomic E-state index is -0.965. The summed E-state index contributed by atoms with van der Waals surface area (Å²) in [5.74, 6) is 0.507. The monoisotopic (exact) mass is 318 g/mol. The molecule has 2 fully saturated rings. The second kappa shape index (κ2) is 6.28. The number of nitrogens with zero attached hydrogens (tertiary/aromatic N) is 2. The van der Waals surface area contributed by atoms with E-state index in [0.29, 0.717) is 18.8 Å². The molecule has 124 valence electrons. The smallest absolute Gasteiger partial charge is 0.411 e. The van der Waals surface area contributed by atoms with Crippen molar-refractivity contribution in [3.05, 3.63) is 24.5 Å². The number of rotatable bonds is 5. The van der Waals surface area contributed by atoms with E-state index < -0.39 is 6.09 Å². The van der Waals surface area contributed by atoms with E-state index in [4.69, 9.17) is 4.74 Å². The molecule has 6 nitrogen and oxygen atoms in total. The van der Waals surface area contributed by atoms with Crippen molar-refractivity contribution in [2.75, 3.05) is 18.1 Å². The fourth-order valence-corrected chi connectivity index (χ4v) is 3.71. The molecule has 2 aliphatic rings. The second-order valence-electron chi connectivity index (χ2n) is 6.40. The molecular formula is C17H22N2O4. The number of pyridine rings is 1. The van der Waals surface area contributed by atoms with Gasteiger partial charge in [0.15, 0.2) is 5.78 Å². The summed E-state index contributed by atoms with van der Waals surface area (Å²) >= 11 is 0. The van der Waals surface area contributed by atoms with Crippen LogP contribution in [0.15, 0.2) is 24.5 Å². The normalized spacial score (nSPS) is 29.5. The zero-order valence-electron chi connectivity index (χ0n) is 13.3. The number of anilines is 1. The maximum atomic E-state index is 12.0. The molecule has 0 saturated heterocycles. The molecule has 1 amide bonds. The largest absolute Gasteiger partial charge is 0.465 e. The average molecular weight is 318 g/mol. The Morgan fingerprint density at radius 2 is 2.22 bits per heavy atom. The van der Waals surface area contributed by atoms with Gasteiger partial charge in [0.25, 0.3) is 0 Å². The fourth-order valence-electron chi connectivity index (χ4n) is 3.71. The molecule has 1 aromatic rings. The first kappa shape index (κ1) is 15.9. The summed E-state index contributed by atoms with van der Waals surface area (Å²) in [4.78, 5) is 28.9. The summed E-state index contributed by atoms with van der Waals surface area (Å²) in [6, 6.07) is 3.48. The lowest BCUT2D eigenvalue weighted by Crippen LogP contribution is -2.36. The molecule has 1 N–H and O–H groups in total. The number of ketones is 1. The lowest BCUT2D eigenvalue weighted by molar-refractivity contribution is -0.115. The zero-order chi connectivity index (χ0) is 16.4. The summed E-state index contributed by atoms with van der Waals surface area (Å²) in [6.45, 7) is 2.92. The SMILES string of the molecule is CCOC1C(=O)C12CCC(CN(C(=O)O)c1cccnc1)CC2. The molecule has 1 heterocycles. The van der Waals surface area contributed by atoms with E-state index in [1.54, 1.807) is 24.5 Å². The number of aromatic nitrogens is 1. The van der Waals surface area contributed by atoms with Crippen LogP contribution in [0.25, 0.3) is 0 Å². The van der Waals surface area contributed by atoms with Crippen molar-refractivity contribution in [2.24, 2.45) is 11.3 Å². The van der Waals surface area contributed by atoms with E-state index >= 15 is 0 Å². The van der Waals surface area contributed by atoms with Crippen LogP contribution >= 0.6 is 0 Å². The Labute approximate surface area is 135 Å². The van der Waals surface area contributed by atoms with Gasteiger partial charge in [-0.3, -0.25) is 14.7 Å². The van der Waals surface area contributed by atoms with E-state index in [9.17, 15) is 14.7 Å². The quantitative estimate of drug-likeness (QED) is 0.903. The maximum Gasteiger partial charge on any atom is 0.411 e. The predicted octanol–water partition coefficient (Wildman–Crippen LogP) is 2.73. The van der Waals surface area contributed by atoms with Gasteiger partial charge in [-0.25, -0.2) is 4.79 Å². The fraction of sp³-hybridized carbons (Fsp3) is 0.588. The number of carbonyl (C=O) groups is 2. The number of carboxylic acid groups (broad SMARTS) is 1. The maximum absolute atomic E-state index is 12.0. The molecule has 0 aromatic carbocycles. The summed E-state index contributed by atoms with van der Waals surface area (Å²) in [5.41, 5.74) is 0.324. The van der Waals surface area contributed by atoms with Crippen LogP contribution in [0, 0.1) is 11.3 Å². The highest BCUT2D eigenvalue weighted by molar-refractivity contribution is 6.06. The Morgan fingerprint density at radius 1 is 1.48 bits per heavy atom. The molecule has 0 radical (unpaired) electrons. The number of amides is 1. The molecule has 1 unspecified atom stereocenters. The van der Waals surface area contributed by atoms with E-state index in [2.05, 4.69) is 4.98 Å². The molecule has 1 aromatic heterocycles. The molecule has 2 saturated carbocycles. The first-order valence-corrected chi connectivity index (χ1v) is 8.15. The zero-order valence-corrected chi connectivity index (χ0v) is 13.3. The van der Waals surface area contributed by atoms with Gasteiger partial charge in [0, 0.05) is 19.3 Å². The van der Waals surface area contributed by atoms with Gasteiger partial charge in [-0.15, -0.1) is 0 Å². The van der Waals surface area contributed by atoms with Crippen LogP contribution in [-0.2, 0) is 9.53 Å². The van der Waals surface area contributed by atoms with E-state index in [0.717, 1.165) is 25.7 Å². The number of hydrogen-bond acceptors (Lipinski definition) is 4. The summed E-state index contributed by atoms with van der Waals surface area (Å²) in [5, 5.41) is 9.45. The molecule has 2 aliphatic carbocycles. The number of Topliss-reactive ketones (excluding diaryl/α,β-unsaturated/α-hetero) is 1. The third kappa shape index (κ3) is 2.95. The highest BCUT2D eigenvalue weighted by Gasteiger charge is 2.65. The number of ether oxygens (including phenoxy) is 1. The Balaban J connectivity index is 1.60. The molecule has 0 aliphatic heterocycles. The Bertz CT molecular complexity index is 582. The van der Waals surface area contributed by atoms with Crippen molar-refractivity contribution in [3.8, 4) is 0 Å². The van der Waals surface area contributed by atoms with Crippen LogP contribution in [0.4, 0.5) is 10.5 Å². The minimum absolute atomic E-state index is 0.220. The minimum Gasteiger partial charge on any atom is -0.465 e. The lowest BCUT2D eigenvalue weighted by atomic mass is 9.79. The van der Waals surface area contributed by atoms with Gasteiger partial charge in [-0.1, -0.05) is 0 Å². The first-order chi connectivity index (χ1) is 11.1. The third-order valence-corrected chi connectivity index (χ3v) is 5.11. The Morgan fingerprint density at radius 3 is 2.78 bits per heavy atom. The van der Waals surface area contributed by atoms with Crippen molar-refractivity contribution < 1.29 is 19.4 Å². The van der Waals surface area contributed by atoms with E-state index in [1.807, 2.05) is 6.92 Å². The Kier molecular flexibility index (Phi) is 4.35. The van der Waals surface area contributed by atoms with Crippen molar-refractivity contribution in [2.45, 2.75) is 38.7 Å². The number of carbonyl (C=O) groups excluding carboxylic acids is 1. The number of hydrogen-bond donors (Lipinski definition) is 1. The standard InChI is InChI=1S/C17H22N2O4/c1-2-23-15-14(20)17(15)7-5-12(6-8-17)11-19(16(21)22)13-4-3-9-18-10-13/h3-4,9-10,12,15H,2,5-8,11H2,1H3,(H,21,22). The van der Waals surface area contributed by atoms with Crippen LogP contribution in [0.5, 0.6) is 0 Å². The van der Waals surface area contributed by atoms with Gasteiger partial charge in [-0.05, 0) is 50.7 Å². The summed E-state index contributed by atoms with van der Waals surface area (Å²) in [6.07, 6.45) is 5.34. The topological polar surface area (TPSA) is 79.7 Å². The van der Waals surface area contributed by atoms with Crippen molar-refractivity contribution >= 4 is 17.6 Å². The first-order valence-electron chi connectivity index (χ1n) is 8.15. The van der Waals surface area contributed by atoms with Gasteiger partial charge >= 0.3 is 6.09 Å². The molecule has 6 heteroatoms. The summed E-state index contributed by atoms with van der Waals surface area (Å²) in [7, 11) is 0. The van der Waals surface area contributed by atoms with Gasteiger partial charge in [0.1, 0.15) is 6.10 Å². The van der Waals surface area contributed by atoms with Gasteiger partial charge in [0.2, 0.25) is 0 Å². The molecule has 0 bridgehead atoms. The molecular weight excluding hydrogens is 296 g/mol. The van der Waals surface area contributed by atoms with Crippen LogP contribution in [-0.4, -0.2) is 41.2 Å².